The first-order valence-corrected chi connectivity index (χ1v) is 11.8. The van der Waals surface area contributed by atoms with Gasteiger partial charge in [0.2, 0.25) is 0 Å². The van der Waals surface area contributed by atoms with Crippen molar-refractivity contribution in [2.24, 2.45) is 0 Å². The molecule has 172 valence electrons. The van der Waals surface area contributed by atoms with Crippen LogP contribution in [0.25, 0.3) is 0 Å². The first kappa shape index (κ1) is 22.6. The number of fused-ring (bicyclic) bond motifs is 1. The van der Waals surface area contributed by atoms with Crippen LogP contribution in [0.15, 0.2) is 71.6 Å². The molecule has 1 amide bonds. The molecule has 7 nitrogen and oxygen atoms in total. The highest BCUT2D eigenvalue weighted by molar-refractivity contribution is 7.92. The lowest BCUT2D eigenvalue weighted by Crippen LogP contribution is -2.35. The van der Waals surface area contributed by atoms with Crippen LogP contribution in [0.2, 0.25) is 0 Å². The first-order valence-electron chi connectivity index (χ1n) is 10.3. The van der Waals surface area contributed by atoms with Crippen LogP contribution in [0.5, 0.6) is 11.5 Å². The molecule has 1 aliphatic rings. The minimum absolute atomic E-state index is 0.0119. The van der Waals surface area contributed by atoms with Crippen LogP contribution in [-0.2, 0) is 21.2 Å². The van der Waals surface area contributed by atoms with Gasteiger partial charge in [-0.2, -0.15) is 0 Å². The molecule has 0 fully saturated rings. The van der Waals surface area contributed by atoms with E-state index in [1.165, 1.54) is 16.4 Å². The number of nitrogens with one attached hydrogen (secondary N) is 1. The molecule has 1 heterocycles. The standard InChI is InChI=1S/C24H23FN2O5S/c1-31-20-5-2-6-21(15-20)32-16-24(28)26-19-10-7-17-4-3-13-27(23(17)14-19)33(29,30)22-11-8-18(25)9-12-22/h2,5-12,14-15H,3-4,13,16H2,1H3,(H,26,28). The van der Waals surface area contributed by atoms with E-state index >= 15 is 0 Å². The van der Waals surface area contributed by atoms with Gasteiger partial charge in [-0.15, -0.1) is 0 Å². The minimum Gasteiger partial charge on any atom is -0.497 e. The highest BCUT2D eigenvalue weighted by Crippen LogP contribution is 2.34. The van der Waals surface area contributed by atoms with E-state index in [2.05, 4.69) is 5.32 Å². The molecule has 33 heavy (non-hydrogen) atoms. The molecule has 0 atom stereocenters. The molecule has 0 saturated heterocycles. The number of hydrogen-bond donors (Lipinski definition) is 1. The third-order valence-electron chi connectivity index (χ3n) is 5.26. The zero-order valence-corrected chi connectivity index (χ0v) is 18.8. The van der Waals surface area contributed by atoms with Gasteiger partial charge >= 0.3 is 0 Å². The van der Waals surface area contributed by atoms with E-state index < -0.39 is 15.8 Å². The highest BCUT2D eigenvalue weighted by Gasteiger charge is 2.29. The smallest absolute Gasteiger partial charge is 0.264 e. The Labute approximate surface area is 191 Å². The molecule has 0 radical (unpaired) electrons. The lowest BCUT2D eigenvalue weighted by molar-refractivity contribution is -0.118. The maximum Gasteiger partial charge on any atom is 0.264 e. The number of halogens is 1. The predicted octanol–water partition coefficient (Wildman–Crippen LogP) is 3.99. The summed E-state index contributed by atoms with van der Waals surface area (Å²) in [5.74, 6) is 0.215. The first-order chi connectivity index (χ1) is 15.9. The average Bonchev–Trinajstić information content (AvgIpc) is 2.82. The van der Waals surface area contributed by atoms with Crippen LogP contribution in [0, 0.1) is 5.82 Å². The number of hydrogen-bond acceptors (Lipinski definition) is 5. The normalized spacial score (nSPS) is 13.2. The molecule has 0 aliphatic carbocycles. The largest absolute Gasteiger partial charge is 0.497 e. The number of benzene rings is 3. The summed E-state index contributed by atoms with van der Waals surface area (Å²) in [6.07, 6.45) is 1.38. The number of rotatable bonds is 7. The Bertz CT molecular complexity index is 1260. The second kappa shape index (κ2) is 9.50. The molecule has 9 heteroatoms. The third-order valence-corrected chi connectivity index (χ3v) is 7.09. The number of anilines is 2. The van der Waals surface area contributed by atoms with Crippen LogP contribution < -0.4 is 19.1 Å². The van der Waals surface area contributed by atoms with E-state index in [1.54, 1.807) is 49.6 Å². The van der Waals surface area contributed by atoms with Crippen molar-refractivity contribution in [2.75, 3.05) is 29.9 Å². The fourth-order valence-corrected chi connectivity index (χ4v) is 5.17. The number of ether oxygens (including phenoxy) is 2. The summed E-state index contributed by atoms with van der Waals surface area (Å²) in [7, 11) is -2.33. The van der Waals surface area contributed by atoms with Crippen molar-refractivity contribution >= 4 is 27.3 Å². The van der Waals surface area contributed by atoms with Gasteiger partial charge in [0.1, 0.15) is 17.3 Å². The number of nitrogens with zero attached hydrogens (tertiary/aromatic N) is 1. The van der Waals surface area contributed by atoms with Crippen molar-refractivity contribution in [2.45, 2.75) is 17.7 Å². The molecule has 3 aromatic rings. The van der Waals surface area contributed by atoms with Crippen LogP contribution in [-0.4, -0.2) is 34.6 Å². The average molecular weight is 471 g/mol. The summed E-state index contributed by atoms with van der Waals surface area (Å²) in [5.41, 5.74) is 1.81. The third kappa shape index (κ3) is 5.09. The Balaban J connectivity index is 1.50. The zero-order chi connectivity index (χ0) is 23.4. The number of aryl methyl sites for hydroxylation is 1. The summed E-state index contributed by atoms with van der Waals surface area (Å²) < 4.78 is 51.6. The van der Waals surface area contributed by atoms with Crippen molar-refractivity contribution in [1.29, 1.82) is 0 Å². The predicted molar refractivity (Wildman–Crippen MR) is 123 cm³/mol. The molecule has 0 spiro atoms. The monoisotopic (exact) mass is 470 g/mol. The lowest BCUT2D eigenvalue weighted by atomic mass is 10.0. The van der Waals surface area contributed by atoms with E-state index in [9.17, 15) is 17.6 Å². The molecule has 4 rings (SSSR count). The summed E-state index contributed by atoms with van der Waals surface area (Å²) in [6.45, 7) is 0.0743. The van der Waals surface area contributed by atoms with E-state index in [-0.39, 0.29) is 17.4 Å². The molecule has 1 aliphatic heterocycles. The lowest BCUT2D eigenvalue weighted by Gasteiger charge is -2.31. The van der Waals surface area contributed by atoms with Crippen molar-refractivity contribution in [3.05, 3.63) is 78.1 Å². The van der Waals surface area contributed by atoms with Crippen LogP contribution >= 0.6 is 0 Å². The molecule has 0 saturated carbocycles. The Morgan fingerprint density at radius 3 is 2.58 bits per heavy atom. The molecule has 0 aromatic heterocycles. The van der Waals surface area contributed by atoms with Gasteiger partial charge in [0, 0.05) is 18.3 Å². The molecular formula is C24H23FN2O5S. The van der Waals surface area contributed by atoms with E-state index in [0.717, 1.165) is 24.1 Å². The van der Waals surface area contributed by atoms with E-state index in [4.69, 9.17) is 9.47 Å². The SMILES string of the molecule is COc1cccc(OCC(=O)Nc2ccc3c(c2)N(S(=O)(=O)c2ccc(F)cc2)CCC3)c1. The van der Waals surface area contributed by atoms with Gasteiger partial charge in [0.15, 0.2) is 6.61 Å². The van der Waals surface area contributed by atoms with Gasteiger partial charge in [0.05, 0.1) is 17.7 Å². The molecule has 0 unspecified atom stereocenters. The maximum atomic E-state index is 13.3. The number of carbonyl (C=O) groups excluding carboxylic acids is 1. The zero-order valence-electron chi connectivity index (χ0n) is 18.0. The van der Waals surface area contributed by atoms with Gasteiger partial charge in [-0.3, -0.25) is 9.10 Å². The fourth-order valence-electron chi connectivity index (χ4n) is 3.64. The van der Waals surface area contributed by atoms with Crippen LogP contribution in [0.1, 0.15) is 12.0 Å². The van der Waals surface area contributed by atoms with Crippen molar-refractivity contribution < 1.29 is 27.1 Å². The van der Waals surface area contributed by atoms with Gasteiger partial charge in [0.25, 0.3) is 15.9 Å². The maximum absolute atomic E-state index is 13.3. The second-order valence-corrected chi connectivity index (χ2v) is 9.36. The molecule has 1 N–H and O–H groups in total. The topological polar surface area (TPSA) is 84.9 Å². The summed E-state index contributed by atoms with van der Waals surface area (Å²) in [5, 5.41) is 2.74. The quantitative estimate of drug-likeness (QED) is 0.564. The summed E-state index contributed by atoms with van der Waals surface area (Å²) in [6, 6.07) is 16.8. The minimum atomic E-state index is -3.87. The Hall–Kier alpha value is -3.59. The van der Waals surface area contributed by atoms with E-state index in [1.807, 2.05) is 0 Å². The fraction of sp³-hybridized carbons (Fsp3) is 0.208. The number of methoxy groups -OCH3 is 1. The molecule has 0 bridgehead atoms. The van der Waals surface area contributed by atoms with E-state index in [0.29, 0.717) is 35.8 Å². The Morgan fingerprint density at radius 2 is 1.82 bits per heavy atom. The van der Waals surface area contributed by atoms with Gasteiger partial charge in [-0.1, -0.05) is 12.1 Å². The summed E-state index contributed by atoms with van der Waals surface area (Å²) in [4.78, 5) is 12.4. The summed E-state index contributed by atoms with van der Waals surface area (Å²) >= 11 is 0. The number of sulfonamides is 1. The Morgan fingerprint density at radius 1 is 1.06 bits per heavy atom. The van der Waals surface area contributed by atoms with Gasteiger partial charge < -0.3 is 14.8 Å². The van der Waals surface area contributed by atoms with Crippen LogP contribution in [0.3, 0.4) is 0 Å². The van der Waals surface area contributed by atoms with Crippen molar-refractivity contribution in [3.8, 4) is 11.5 Å². The Kier molecular flexibility index (Phi) is 6.50. The van der Waals surface area contributed by atoms with Gasteiger partial charge in [-0.05, 0) is 66.9 Å². The number of carbonyl (C=O) groups is 1. The van der Waals surface area contributed by atoms with Crippen molar-refractivity contribution in [1.82, 2.24) is 0 Å². The molecule has 3 aromatic carbocycles. The van der Waals surface area contributed by atoms with Crippen LogP contribution in [0.4, 0.5) is 15.8 Å². The van der Waals surface area contributed by atoms with Gasteiger partial charge in [-0.25, -0.2) is 12.8 Å². The van der Waals surface area contributed by atoms with Crippen molar-refractivity contribution in [3.63, 3.8) is 0 Å². The molecular weight excluding hydrogens is 447 g/mol. The highest BCUT2D eigenvalue weighted by atomic mass is 32.2. The second-order valence-electron chi connectivity index (χ2n) is 7.49. The number of amides is 1.